The van der Waals surface area contributed by atoms with E-state index in [0.717, 1.165) is 34.1 Å². The number of benzene rings is 2. The molecule has 8 heteroatoms. The molecule has 5 rings (SSSR count). The number of piperazine rings is 1. The number of nitrogens with zero attached hydrogens (tertiary/aromatic N) is 5. The number of phenolic OH excluding ortho intramolecular Hbond substituents is 1. The van der Waals surface area contributed by atoms with E-state index in [-0.39, 0.29) is 23.5 Å². The van der Waals surface area contributed by atoms with E-state index in [1.54, 1.807) is 29.4 Å². The van der Waals surface area contributed by atoms with Gasteiger partial charge in [-0.1, -0.05) is 12.1 Å². The third kappa shape index (κ3) is 4.41. The Bertz CT molecular complexity index is 1340. The Kier molecular flexibility index (Phi) is 5.83. The molecule has 3 heterocycles. The summed E-state index contributed by atoms with van der Waals surface area (Å²) in [6, 6.07) is 12.1. The maximum absolute atomic E-state index is 13.7. The standard InChI is InChI=1S/C26H28FN5O2/c1-29-13-19(24-10-23(33)6-7-25(24)29)9-21-14-30(2)26(34)16-31(21)15-22-11-28-17-32(22)12-18-4-3-5-20(27)8-18/h3-8,10-11,13,17,21,33H,9,12,14-16H2,1-2H3. The molecule has 0 bridgehead atoms. The van der Waals surface area contributed by atoms with E-state index in [4.69, 9.17) is 0 Å². The Hall–Kier alpha value is -3.65. The van der Waals surface area contributed by atoms with Crippen molar-refractivity contribution in [2.24, 2.45) is 7.05 Å². The molecule has 1 aliphatic rings. The number of aromatic nitrogens is 3. The molecule has 1 unspecified atom stereocenters. The summed E-state index contributed by atoms with van der Waals surface area (Å²) in [7, 11) is 3.85. The fraction of sp³-hybridized carbons (Fsp3) is 0.308. The van der Waals surface area contributed by atoms with Crippen LogP contribution in [0.5, 0.6) is 5.75 Å². The molecule has 0 saturated carbocycles. The highest BCUT2D eigenvalue weighted by Gasteiger charge is 2.31. The molecule has 176 valence electrons. The molecule has 7 nitrogen and oxygen atoms in total. The number of imidazole rings is 1. The SMILES string of the molecule is CN1CC(Cc2cn(C)c3ccc(O)cc23)N(Cc2cncn2Cc2cccc(F)c2)CC1=O. The first-order chi connectivity index (χ1) is 16.4. The number of fused-ring (bicyclic) bond motifs is 1. The van der Waals surface area contributed by atoms with Gasteiger partial charge in [-0.25, -0.2) is 9.37 Å². The van der Waals surface area contributed by atoms with Crippen molar-refractivity contribution in [3.8, 4) is 5.75 Å². The largest absolute Gasteiger partial charge is 0.508 e. The Morgan fingerprint density at radius 1 is 1.15 bits per heavy atom. The van der Waals surface area contributed by atoms with Gasteiger partial charge in [0.2, 0.25) is 5.91 Å². The molecule has 0 spiro atoms. The topological polar surface area (TPSA) is 66.5 Å². The van der Waals surface area contributed by atoms with E-state index < -0.39 is 0 Å². The fourth-order valence-corrected chi connectivity index (χ4v) is 4.88. The summed E-state index contributed by atoms with van der Waals surface area (Å²) in [5.41, 5.74) is 4.04. The van der Waals surface area contributed by atoms with E-state index in [1.165, 1.54) is 12.1 Å². The van der Waals surface area contributed by atoms with Crippen molar-refractivity contribution in [1.82, 2.24) is 23.9 Å². The van der Waals surface area contributed by atoms with Crippen molar-refractivity contribution in [2.45, 2.75) is 25.6 Å². The van der Waals surface area contributed by atoms with Gasteiger partial charge in [0.1, 0.15) is 11.6 Å². The zero-order valence-electron chi connectivity index (χ0n) is 19.4. The first-order valence-electron chi connectivity index (χ1n) is 11.4. The fourth-order valence-electron chi connectivity index (χ4n) is 4.88. The predicted molar refractivity (Wildman–Crippen MR) is 128 cm³/mol. The Morgan fingerprint density at radius 3 is 2.82 bits per heavy atom. The van der Waals surface area contributed by atoms with E-state index >= 15 is 0 Å². The summed E-state index contributed by atoms with van der Waals surface area (Å²) < 4.78 is 17.7. The molecule has 1 saturated heterocycles. The minimum Gasteiger partial charge on any atom is -0.508 e. The van der Waals surface area contributed by atoms with E-state index in [0.29, 0.717) is 26.2 Å². The number of halogens is 1. The molecule has 1 fully saturated rings. The maximum Gasteiger partial charge on any atom is 0.236 e. The van der Waals surface area contributed by atoms with Gasteiger partial charge in [0, 0.05) is 63.1 Å². The molecule has 4 aromatic rings. The number of carbonyl (C=O) groups excluding carboxylic acids is 1. The summed E-state index contributed by atoms with van der Waals surface area (Å²) in [4.78, 5) is 20.9. The lowest BCUT2D eigenvalue weighted by atomic mass is 10.0. The van der Waals surface area contributed by atoms with E-state index in [9.17, 15) is 14.3 Å². The molecule has 1 N–H and O–H groups in total. The number of phenols is 1. The summed E-state index contributed by atoms with van der Waals surface area (Å²) in [6.07, 6.45) is 6.42. The first-order valence-corrected chi connectivity index (χ1v) is 11.4. The van der Waals surface area contributed by atoms with Crippen molar-refractivity contribution in [3.05, 3.63) is 83.8 Å². The predicted octanol–water partition coefficient (Wildman–Crippen LogP) is 3.15. The van der Waals surface area contributed by atoms with Crippen LogP contribution in [0.4, 0.5) is 4.39 Å². The quantitative estimate of drug-likeness (QED) is 0.479. The number of carbonyl (C=O) groups is 1. The summed E-state index contributed by atoms with van der Waals surface area (Å²) in [5.74, 6) is 0.0713. The van der Waals surface area contributed by atoms with Gasteiger partial charge in [-0.15, -0.1) is 0 Å². The second-order valence-electron chi connectivity index (χ2n) is 9.15. The highest BCUT2D eigenvalue weighted by molar-refractivity contribution is 5.85. The van der Waals surface area contributed by atoms with E-state index in [2.05, 4.69) is 20.6 Å². The number of aromatic hydroxyl groups is 1. The van der Waals surface area contributed by atoms with Gasteiger partial charge in [0.15, 0.2) is 0 Å². The van der Waals surface area contributed by atoms with Crippen molar-refractivity contribution < 1.29 is 14.3 Å². The van der Waals surface area contributed by atoms with Crippen LogP contribution < -0.4 is 0 Å². The molecule has 1 atom stereocenters. The zero-order chi connectivity index (χ0) is 23.8. The molecular formula is C26H28FN5O2. The number of hydrogen-bond acceptors (Lipinski definition) is 4. The second-order valence-corrected chi connectivity index (χ2v) is 9.15. The molecule has 2 aromatic heterocycles. The van der Waals surface area contributed by atoms with Crippen LogP contribution in [-0.2, 0) is 31.4 Å². The Balaban J connectivity index is 1.40. The van der Waals surface area contributed by atoms with Crippen LogP contribution in [0.15, 0.2) is 61.2 Å². The van der Waals surface area contributed by atoms with E-state index in [1.807, 2.05) is 37.0 Å². The van der Waals surface area contributed by atoms with Gasteiger partial charge in [0.25, 0.3) is 0 Å². The molecule has 1 aliphatic heterocycles. The highest BCUT2D eigenvalue weighted by atomic mass is 19.1. The van der Waals surface area contributed by atoms with Crippen LogP contribution in [0.3, 0.4) is 0 Å². The normalized spacial score (nSPS) is 17.1. The Morgan fingerprint density at radius 2 is 2.00 bits per heavy atom. The summed E-state index contributed by atoms with van der Waals surface area (Å²) in [5, 5.41) is 11.1. The number of amides is 1. The van der Waals surface area contributed by atoms with Gasteiger partial charge < -0.3 is 19.1 Å². The molecule has 1 amide bonds. The van der Waals surface area contributed by atoms with Gasteiger partial charge >= 0.3 is 0 Å². The van der Waals surface area contributed by atoms with Gasteiger partial charge in [0.05, 0.1) is 18.6 Å². The maximum atomic E-state index is 13.7. The van der Waals surface area contributed by atoms with Crippen molar-refractivity contribution in [3.63, 3.8) is 0 Å². The third-order valence-corrected chi connectivity index (χ3v) is 6.68. The number of aryl methyl sites for hydroxylation is 1. The third-order valence-electron chi connectivity index (χ3n) is 6.68. The van der Waals surface area contributed by atoms with Gasteiger partial charge in [-0.2, -0.15) is 0 Å². The first kappa shape index (κ1) is 22.2. The van der Waals surface area contributed by atoms with Crippen LogP contribution in [0.2, 0.25) is 0 Å². The lowest BCUT2D eigenvalue weighted by molar-refractivity contribution is -0.137. The molecular weight excluding hydrogens is 433 g/mol. The monoisotopic (exact) mass is 461 g/mol. The second kappa shape index (κ2) is 8.95. The molecule has 0 aliphatic carbocycles. The van der Waals surface area contributed by atoms with Crippen LogP contribution in [0, 0.1) is 5.82 Å². The summed E-state index contributed by atoms with van der Waals surface area (Å²) >= 11 is 0. The number of hydrogen-bond donors (Lipinski definition) is 1. The highest BCUT2D eigenvalue weighted by Crippen LogP contribution is 2.28. The van der Waals surface area contributed by atoms with Gasteiger partial charge in [-0.3, -0.25) is 9.69 Å². The summed E-state index contributed by atoms with van der Waals surface area (Å²) in [6.45, 7) is 2.02. The van der Waals surface area contributed by atoms with Crippen molar-refractivity contribution >= 4 is 16.8 Å². The van der Waals surface area contributed by atoms with Crippen molar-refractivity contribution in [2.75, 3.05) is 20.1 Å². The average molecular weight is 462 g/mol. The zero-order valence-corrected chi connectivity index (χ0v) is 19.4. The lowest BCUT2D eigenvalue weighted by Crippen LogP contribution is -2.55. The molecule has 34 heavy (non-hydrogen) atoms. The minimum atomic E-state index is -0.259. The van der Waals surface area contributed by atoms with Crippen LogP contribution in [0.1, 0.15) is 16.8 Å². The van der Waals surface area contributed by atoms with Crippen molar-refractivity contribution in [1.29, 1.82) is 0 Å². The number of likely N-dealkylation sites (N-methyl/N-ethyl adjacent to an activating group) is 1. The Labute approximate surface area is 197 Å². The van der Waals surface area contributed by atoms with Crippen LogP contribution in [-0.4, -0.2) is 61.1 Å². The number of rotatable bonds is 6. The average Bonchev–Trinajstić information content (AvgIpc) is 3.35. The van der Waals surface area contributed by atoms with Crippen LogP contribution in [0.25, 0.3) is 10.9 Å². The molecule has 0 radical (unpaired) electrons. The van der Waals surface area contributed by atoms with Crippen LogP contribution >= 0.6 is 0 Å². The smallest absolute Gasteiger partial charge is 0.236 e. The molecule has 2 aromatic carbocycles. The lowest BCUT2D eigenvalue weighted by Gasteiger charge is -2.39. The minimum absolute atomic E-state index is 0.0861. The van der Waals surface area contributed by atoms with Gasteiger partial charge in [-0.05, 0) is 47.9 Å².